The van der Waals surface area contributed by atoms with E-state index in [1.807, 2.05) is 26.0 Å². The van der Waals surface area contributed by atoms with Gasteiger partial charge in [0.15, 0.2) is 0 Å². The molecule has 0 saturated heterocycles. The molecular formula is C13H12. The maximum absolute atomic E-state index is 3.06. The summed E-state index contributed by atoms with van der Waals surface area (Å²) in [6.45, 7) is 5.74. The number of hydrogen-bond donors (Lipinski definition) is 0. The molecule has 1 aromatic rings. The number of aryl methyl sites for hydroxylation is 1. The largest absolute Gasteiger partial charge is 0.101 e. The van der Waals surface area contributed by atoms with Crippen molar-refractivity contribution in [2.75, 3.05) is 0 Å². The van der Waals surface area contributed by atoms with Gasteiger partial charge in [0.25, 0.3) is 0 Å². The highest BCUT2D eigenvalue weighted by molar-refractivity contribution is 5.47. The number of hydrogen-bond acceptors (Lipinski definition) is 0. The van der Waals surface area contributed by atoms with Gasteiger partial charge in [0.2, 0.25) is 0 Å². The minimum Gasteiger partial charge on any atom is -0.101 e. The molecule has 0 amide bonds. The molecule has 0 aliphatic rings. The molecule has 0 nitrogen and oxygen atoms in total. The zero-order valence-electron chi connectivity index (χ0n) is 8.23. The standard InChI is InChI=1S/C13H12/c1-4-6-12-9-8-11(3)13(10-12)7-5-2/h8-10H,1-3H3. The number of rotatable bonds is 0. The lowest BCUT2D eigenvalue weighted by Gasteiger charge is -1.97. The van der Waals surface area contributed by atoms with Gasteiger partial charge < -0.3 is 0 Å². The van der Waals surface area contributed by atoms with Gasteiger partial charge >= 0.3 is 0 Å². The number of benzene rings is 1. The van der Waals surface area contributed by atoms with E-state index in [0.29, 0.717) is 0 Å². The first-order valence-corrected chi connectivity index (χ1v) is 4.24. The smallest absolute Gasteiger partial charge is 0.0286 e. The van der Waals surface area contributed by atoms with Gasteiger partial charge in [0.1, 0.15) is 0 Å². The molecule has 0 fully saturated rings. The highest BCUT2D eigenvalue weighted by Crippen LogP contribution is 2.08. The zero-order valence-corrected chi connectivity index (χ0v) is 8.23. The summed E-state index contributed by atoms with van der Waals surface area (Å²) in [5, 5.41) is 0. The molecule has 0 heteroatoms. The Morgan fingerprint density at radius 2 is 1.69 bits per heavy atom. The van der Waals surface area contributed by atoms with Crippen LogP contribution in [0.2, 0.25) is 0 Å². The van der Waals surface area contributed by atoms with E-state index >= 15 is 0 Å². The first kappa shape index (κ1) is 9.43. The Kier molecular flexibility index (Phi) is 3.18. The van der Waals surface area contributed by atoms with Crippen molar-refractivity contribution in [3.05, 3.63) is 34.9 Å². The van der Waals surface area contributed by atoms with Crippen LogP contribution in [0.1, 0.15) is 30.5 Å². The Morgan fingerprint density at radius 1 is 1.00 bits per heavy atom. The van der Waals surface area contributed by atoms with Gasteiger partial charge in [-0.15, -0.1) is 11.8 Å². The Balaban J connectivity index is 3.21. The van der Waals surface area contributed by atoms with Crippen LogP contribution in [-0.4, -0.2) is 0 Å². The summed E-state index contributed by atoms with van der Waals surface area (Å²) in [5.74, 6) is 11.8. The fourth-order valence-electron chi connectivity index (χ4n) is 1.11. The summed E-state index contributed by atoms with van der Waals surface area (Å²) >= 11 is 0. The minimum absolute atomic E-state index is 1.03. The molecule has 0 aromatic heterocycles. The first-order chi connectivity index (χ1) is 6.27. The van der Waals surface area contributed by atoms with Gasteiger partial charge in [-0.2, -0.15) is 0 Å². The average molecular weight is 168 g/mol. The van der Waals surface area contributed by atoms with Crippen molar-refractivity contribution in [3.63, 3.8) is 0 Å². The van der Waals surface area contributed by atoms with Gasteiger partial charge in [-0.1, -0.05) is 17.9 Å². The van der Waals surface area contributed by atoms with E-state index < -0.39 is 0 Å². The molecule has 0 atom stereocenters. The van der Waals surface area contributed by atoms with Crippen molar-refractivity contribution in [1.29, 1.82) is 0 Å². The van der Waals surface area contributed by atoms with Crippen molar-refractivity contribution in [3.8, 4) is 23.7 Å². The molecule has 0 saturated carbocycles. The second kappa shape index (κ2) is 4.39. The van der Waals surface area contributed by atoms with Crippen molar-refractivity contribution in [2.24, 2.45) is 0 Å². The van der Waals surface area contributed by atoms with E-state index in [9.17, 15) is 0 Å². The second-order valence-electron chi connectivity index (χ2n) is 2.78. The average Bonchev–Trinajstić information content (AvgIpc) is 2.12. The Hall–Kier alpha value is -1.66. The van der Waals surface area contributed by atoms with E-state index in [0.717, 1.165) is 11.1 Å². The van der Waals surface area contributed by atoms with Crippen molar-refractivity contribution in [2.45, 2.75) is 20.8 Å². The Morgan fingerprint density at radius 3 is 2.31 bits per heavy atom. The monoisotopic (exact) mass is 168 g/mol. The molecule has 64 valence electrons. The van der Waals surface area contributed by atoms with Crippen LogP contribution in [0.4, 0.5) is 0 Å². The predicted molar refractivity (Wildman–Crippen MR) is 56.3 cm³/mol. The third kappa shape index (κ3) is 2.39. The summed E-state index contributed by atoms with van der Waals surface area (Å²) in [5.41, 5.74) is 3.31. The molecular weight excluding hydrogens is 156 g/mol. The van der Waals surface area contributed by atoms with E-state index in [1.54, 1.807) is 0 Å². The highest BCUT2D eigenvalue weighted by atomic mass is 14.0. The fraction of sp³-hybridized carbons (Fsp3) is 0.231. The third-order valence-corrected chi connectivity index (χ3v) is 1.77. The highest BCUT2D eigenvalue weighted by Gasteiger charge is 1.94. The van der Waals surface area contributed by atoms with Gasteiger partial charge in [0.05, 0.1) is 0 Å². The minimum atomic E-state index is 1.03. The van der Waals surface area contributed by atoms with E-state index in [4.69, 9.17) is 0 Å². The lowest BCUT2D eigenvalue weighted by Crippen LogP contribution is -1.83. The molecule has 0 spiro atoms. The van der Waals surface area contributed by atoms with Crippen molar-refractivity contribution in [1.82, 2.24) is 0 Å². The van der Waals surface area contributed by atoms with E-state index in [1.165, 1.54) is 5.56 Å². The van der Waals surface area contributed by atoms with E-state index in [-0.39, 0.29) is 0 Å². The topological polar surface area (TPSA) is 0 Å². The predicted octanol–water partition coefficient (Wildman–Crippen LogP) is 2.74. The maximum atomic E-state index is 3.06. The van der Waals surface area contributed by atoms with Gasteiger partial charge in [-0.05, 0) is 38.5 Å². The van der Waals surface area contributed by atoms with Crippen LogP contribution in [-0.2, 0) is 0 Å². The van der Waals surface area contributed by atoms with Crippen LogP contribution in [0.15, 0.2) is 18.2 Å². The maximum Gasteiger partial charge on any atom is 0.0286 e. The summed E-state index contributed by atoms with van der Waals surface area (Å²) in [6.07, 6.45) is 0. The molecule has 0 heterocycles. The second-order valence-corrected chi connectivity index (χ2v) is 2.78. The van der Waals surface area contributed by atoms with Crippen LogP contribution >= 0.6 is 0 Å². The summed E-state index contributed by atoms with van der Waals surface area (Å²) in [7, 11) is 0. The van der Waals surface area contributed by atoms with Crippen LogP contribution in [0.5, 0.6) is 0 Å². The molecule has 0 radical (unpaired) electrons. The molecule has 0 aliphatic heterocycles. The lowest BCUT2D eigenvalue weighted by molar-refractivity contribution is 1.42. The Bertz CT molecular complexity index is 417. The van der Waals surface area contributed by atoms with Crippen molar-refractivity contribution < 1.29 is 0 Å². The normalized spacial score (nSPS) is 7.92. The van der Waals surface area contributed by atoms with Gasteiger partial charge in [0, 0.05) is 11.1 Å². The third-order valence-electron chi connectivity index (χ3n) is 1.77. The SMILES string of the molecule is CC#Cc1ccc(C)c(C#CC)c1. The van der Waals surface area contributed by atoms with Crippen LogP contribution < -0.4 is 0 Å². The molecule has 1 aromatic carbocycles. The summed E-state index contributed by atoms with van der Waals surface area (Å²) < 4.78 is 0. The molecule has 1 rings (SSSR count). The quantitative estimate of drug-likeness (QED) is 0.522. The Labute approximate surface area is 80.0 Å². The van der Waals surface area contributed by atoms with Crippen LogP contribution in [0, 0.1) is 30.6 Å². The zero-order chi connectivity index (χ0) is 9.68. The fourth-order valence-corrected chi connectivity index (χ4v) is 1.11. The first-order valence-electron chi connectivity index (χ1n) is 4.24. The molecule has 0 bridgehead atoms. The lowest BCUT2D eigenvalue weighted by atomic mass is 10.1. The van der Waals surface area contributed by atoms with Crippen LogP contribution in [0.25, 0.3) is 0 Å². The van der Waals surface area contributed by atoms with E-state index in [2.05, 4.69) is 36.7 Å². The van der Waals surface area contributed by atoms with Crippen molar-refractivity contribution >= 4 is 0 Å². The van der Waals surface area contributed by atoms with Gasteiger partial charge in [-0.3, -0.25) is 0 Å². The molecule has 0 N–H and O–H groups in total. The molecule has 0 unspecified atom stereocenters. The molecule has 13 heavy (non-hydrogen) atoms. The summed E-state index contributed by atoms with van der Waals surface area (Å²) in [6, 6.07) is 6.11. The van der Waals surface area contributed by atoms with Gasteiger partial charge in [-0.25, -0.2) is 0 Å². The van der Waals surface area contributed by atoms with Crippen LogP contribution in [0.3, 0.4) is 0 Å². The summed E-state index contributed by atoms with van der Waals surface area (Å²) in [4.78, 5) is 0. The molecule has 0 aliphatic carbocycles.